The molecule has 8 heteroatoms. The van der Waals surface area contributed by atoms with Gasteiger partial charge in [0.2, 0.25) is 5.95 Å². The van der Waals surface area contributed by atoms with Gasteiger partial charge in [-0.05, 0) is 17.7 Å². The molecule has 0 amide bonds. The molecule has 0 aliphatic rings. The van der Waals surface area contributed by atoms with Gasteiger partial charge in [0.25, 0.3) is 0 Å². The molecule has 0 aliphatic carbocycles. The maximum Gasteiger partial charge on any atom is 0.433 e. The zero-order valence-corrected chi connectivity index (χ0v) is 12.6. The van der Waals surface area contributed by atoms with Crippen LogP contribution >= 0.6 is 15.9 Å². The lowest BCUT2D eigenvalue weighted by atomic mass is 10.2. The lowest BCUT2D eigenvalue weighted by molar-refractivity contribution is -0.141. The Morgan fingerprint density at radius 1 is 1.14 bits per heavy atom. The first-order chi connectivity index (χ1) is 9.88. The maximum absolute atomic E-state index is 12.7. The molecule has 0 unspecified atom stereocenters. The molecule has 0 atom stereocenters. The number of benzene rings is 1. The number of nitrogens with one attached hydrogen (secondary N) is 2. The molecule has 0 saturated heterocycles. The van der Waals surface area contributed by atoms with Crippen LogP contribution in [0.3, 0.4) is 0 Å². The van der Waals surface area contributed by atoms with E-state index in [-0.39, 0.29) is 11.8 Å². The number of hydrogen-bond acceptors (Lipinski definition) is 4. The highest BCUT2D eigenvalue weighted by atomic mass is 79.9. The number of alkyl halides is 3. The average Bonchev–Trinajstić information content (AvgIpc) is 2.45. The first-order valence-corrected chi connectivity index (χ1v) is 6.80. The minimum atomic E-state index is -4.51. The van der Waals surface area contributed by atoms with Crippen LogP contribution in [0.25, 0.3) is 0 Å². The standard InChI is InChI=1S/C13H12BrF3N4/c1-18-12-20-10(13(15,16)17)6-11(21-12)19-7-8-2-4-9(14)5-3-8/h2-6H,7H2,1H3,(H2,18,19,20,21). The fourth-order valence-electron chi connectivity index (χ4n) is 1.59. The van der Waals surface area contributed by atoms with E-state index < -0.39 is 11.9 Å². The molecule has 1 heterocycles. The summed E-state index contributed by atoms with van der Waals surface area (Å²) in [7, 11) is 1.47. The predicted octanol–water partition coefficient (Wildman–Crippen LogP) is 3.91. The highest BCUT2D eigenvalue weighted by Crippen LogP contribution is 2.29. The van der Waals surface area contributed by atoms with E-state index in [1.165, 1.54) is 7.05 Å². The van der Waals surface area contributed by atoms with Gasteiger partial charge in [-0.25, -0.2) is 4.98 Å². The van der Waals surface area contributed by atoms with Crippen LogP contribution in [-0.4, -0.2) is 17.0 Å². The molecule has 1 aromatic heterocycles. The van der Waals surface area contributed by atoms with Crippen LogP contribution in [0.5, 0.6) is 0 Å². The Kier molecular flexibility index (Phi) is 4.66. The third-order valence-electron chi connectivity index (χ3n) is 2.63. The van der Waals surface area contributed by atoms with E-state index in [2.05, 4.69) is 36.5 Å². The van der Waals surface area contributed by atoms with E-state index in [4.69, 9.17) is 0 Å². The van der Waals surface area contributed by atoms with Gasteiger partial charge in [0.15, 0.2) is 5.69 Å². The third kappa shape index (κ3) is 4.32. The van der Waals surface area contributed by atoms with E-state index in [0.717, 1.165) is 16.1 Å². The van der Waals surface area contributed by atoms with Crippen molar-refractivity contribution in [3.8, 4) is 0 Å². The fraction of sp³-hybridized carbons (Fsp3) is 0.231. The molecule has 21 heavy (non-hydrogen) atoms. The summed E-state index contributed by atoms with van der Waals surface area (Å²) in [6.45, 7) is 0.366. The second-order valence-electron chi connectivity index (χ2n) is 4.19. The smallest absolute Gasteiger partial charge is 0.366 e. The van der Waals surface area contributed by atoms with Crippen molar-refractivity contribution in [1.82, 2.24) is 9.97 Å². The minimum Gasteiger partial charge on any atom is -0.366 e. The van der Waals surface area contributed by atoms with Crippen molar-refractivity contribution in [3.05, 3.63) is 46.1 Å². The normalized spacial score (nSPS) is 11.3. The Balaban J connectivity index is 2.17. The molecular formula is C13H12BrF3N4. The summed E-state index contributed by atoms with van der Waals surface area (Å²) in [5.41, 5.74) is -0.0588. The second-order valence-corrected chi connectivity index (χ2v) is 5.11. The highest BCUT2D eigenvalue weighted by molar-refractivity contribution is 9.10. The minimum absolute atomic E-state index is 0.0804. The SMILES string of the molecule is CNc1nc(NCc2ccc(Br)cc2)cc(C(F)(F)F)n1. The molecule has 0 radical (unpaired) electrons. The first kappa shape index (κ1) is 15.6. The van der Waals surface area contributed by atoms with Gasteiger partial charge < -0.3 is 10.6 Å². The molecule has 0 spiro atoms. The summed E-state index contributed by atoms with van der Waals surface area (Å²) in [4.78, 5) is 7.35. The monoisotopic (exact) mass is 360 g/mol. The van der Waals surface area contributed by atoms with E-state index in [0.29, 0.717) is 6.54 Å². The summed E-state index contributed by atoms with van der Waals surface area (Å²) in [5, 5.41) is 5.38. The molecule has 0 bridgehead atoms. The van der Waals surface area contributed by atoms with Crippen LogP contribution in [0.2, 0.25) is 0 Å². The number of nitrogens with zero attached hydrogens (tertiary/aromatic N) is 2. The van der Waals surface area contributed by atoms with Crippen LogP contribution < -0.4 is 10.6 Å². The largest absolute Gasteiger partial charge is 0.433 e. The Morgan fingerprint density at radius 2 is 1.81 bits per heavy atom. The molecule has 112 valence electrons. The van der Waals surface area contributed by atoms with Crippen molar-refractivity contribution in [2.75, 3.05) is 17.7 Å². The van der Waals surface area contributed by atoms with E-state index in [1.54, 1.807) is 0 Å². The molecule has 0 saturated carbocycles. The van der Waals surface area contributed by atoms with Gasteiger partial charge >= 0.3 is 6.18 Å². The Hall–Kier alpha value is -1.83. The molecular weight excluding hydrogens is 349 g/mol. The van der Waals surface area contributed by atoms with Crippen molar-refractivity contribution < 1.29 is 13.2 Å². The topological polar surface area (TPSA) is 49.8 Å². The summed E-state index contributed by atoms with van der Waals surface area (Å²) < 4.78 is 39.2. The van der Waals surface area contributed by atoms with Gasteiger partial charge in [0.05, 0.1) is 0 Å². The number of aromatic nitrogens is 2. The highest BCUT2D eigenvalue weighted by Gasteiger charge is 2.33. The van der Waals surface area contributed by atoms with E-state index in [1.807, 2.05) is 24.3 Å². The quantitative estimate of drug-likeness (QED) is 0.867. The van der Waals surface area contributed by atoms with Crippen molar-refractivity contribution in [3.63, 3.8) is 0 Å². The average molecular weight is 361 g/mol. The van der Waals surface area contributed by atoms with Gasteiger partial charge in [-0.3, -0.25) is 0 Å². The molecule has 2 N–H and O–H groups in total. The van der Waals surface area contributed by atoms with Crippen molar-refractivity contribution in [2.45, 2.75) is 12.7 Å². The van der Waals surface area contributed by atoms with Gasteiger partial charge in [-0.2, -0.15) is 18.2 Å². The maximum atomic E-state index is 12.7. The second kappa shape index (κ2) is 6.30. The van der Waals surface area contributed by atoms with Gasteiger partial charge in [0.1, 0.15) is 5.82 Å². The number of hydrogen-bond donors (Lipinski definition) is 2. The van der Waals surface area contributed by atoms with Crippen LogP contribution in [-0.2, 0) is 12.7 Å². The zero-order valence-electron chi connectivity index (χ0n) is 11.0. The van der Waals surface area contributed by atoms with Crippen LogP contribution in [0.4, 0.5) is 24.9 Å². The summed E-state index contributed by atoms with van der Waals surface area (Å²) in [5.74, 6) is 0.0349. The number of anilines is 2. The molecule has 0 fully saturated rings. The summed E-state index contributed by atoms with van der Waals surface area (Å²) >= 11 is 3.32. The third-order valence-corrected chi connectivity index (χ3v) is 3.16. The van der Waals surface area contributed by atoms with Crippen molar-refractivity contribution in [2.24, 2.45) is 0 Å². The molecule has 4 nitrogen and oxygen atoms in total. The Labute approximate surface area is 127 Å². The summed E-state index contributed by atoms with van der Waals surface area (Å²) in [6, 6.07) is 8.33. The molecule has 2 aromatic rings. The lowest BCUT2D eigenvalue weighted by Crippen LogP contribution is -2.13. The van der Waals surface area contributed by atoms with Crippen LogP contribution in [0.1, 0.15) is 11.3 Å². The van der Waals surface area contributed by atoms with Gasteiger partial charge in [-0.15, -0.1) is 0 Å². The van der Waals surface area contributed by atoms with Crippen LogP contribution in [0, 0.1) is 0 Å². The van der Waals surface area contributed by atoms with Gasteiger partial charge in [-0.1, -0.05) is 28.1 Å². The zero-order chi connectivity index (χ0) is 15.5. The molecule has 1 aromatic carbocycles. The predicted molar refractivity (Wildman–Crippen MR) is 78.0 cm³/mol. The lowest BCUT2D eigenvalue weighted by Gasteiger charge is -2.11. The van der Waals surface area contributed by atoms with E-state index >= 15 is 0 Å². The number of halogens is 4. The Morgan fingerprint density at radius 3 is 2.38 bits per heavy atom. The fourth-order valence-corrected chi connectivity index (χ4v) is 1.85. The van der Waals surface area contributed by atoms with Crippen molar-refractivity contribution in [1.29, 1.82) is 0 Å². The Bertz CT molecular complexity index is 614. The molecule has 2 rings (SSSR count). The van der Waals surface area contributed by atoms with Gasteiger partial charge in [0, 0.05) is 24.1 Å². The van der Waals surface area contributed by atoms with Crippen molar-refractivity contribution >= 4 is 27.7 Å². The van der Waals surface area contributed by atoms with Crippen LogP contribution in [0.15, 0.2) is 34.8 Å². The summed E-state index contributed by atoms with van der Waals surface area (Å²) in [6.07, 6.45) is -4.51. The first-order valence-electron chi connectivity index (χ1n) is 6.01. The number of rotatable bonds is 4. The molecule has 0 aliphatic heterocycles. The van der Waals surface area contributed by atoms with E-state index in [9.17, 15) is 13.2 Å².